The van der Waals surface area contributed by atoms with E-state index >= 15 is 0 Å². The molecular formula is C27H25IN4O3S. The lowest BCUT2D eigenvalue weighted by molar-refractivity contribution is 0.106. The molecule has 4 aromatic rings. The van der Waals surface area contributed by atoms with E-state index in [0.717, 1.165) is 30.7 Å². The minimum absolute atomic E-state index is 0.125. The maximum Gasteiger partial charge on any atom is 0.411 e. The van der Waals surface area contributed by atoms with E-state index in [1.807, 2.05) is 56.6 Å². The number of benzene rings is 3. The van der Waals surface area contributed by atoms with Gasteiger partial charge in [0, 0.05) is 11.7 Å². The third-order valence-corrected chi connectivity index (χ3v) is 7.50. The first-order valence-corrected chi connectivity index (χ1v) is 13.1. The van der Waals surface area contributed by atoms with Crippen molar-refractivity contribution < 1.29 is 14.3 Å². The van der Waals surface area contributed by atoms with Crippen LogP contribution in [-0.2, 0) is 11.3 Å². The van der Waals surface area contributed by atoms with Crippen LogP contribution in [0.2, 0.25) is 0 Å². The molecule has 0 bridgehead atoms. The Hall–Kier alpha value is -3.20. The van der Waals surface area contributed by atoms with Gasteiger partial charge in [-0.1, -0.05) is 36.4 Å². The van der Waals surface area contributed by atoms with Gasteiger partial charge in [0.15, 0.2) is 5.01 Å². The Bertz CT molecular complexity index is 1400. The Labute approximate surface area is 227 Å². The minimum Gasteiger partial charge on any atom is -0.483 e. The molecule has 4 rings (SSSR count). The van der Waals surface area contributed by atoms with Crippen LogP contribution in [0.4, 0.5) is 10.5 Å². The number of ether oxygens (including phenoxy) is 2. The van der Waals surface area contributed by atoms with Crippen molar-refractivity contribution in [3.63, 3.8) is 0 Å². The van der Waals surface area contributed by atoms with Crippen molar-refractivity contribution >= 4 is 55.9 Å². The molecule has 0 saturated heterocycles. The molecule has 1 amide bonds. The van der Waals surface area contributed by atoms with Crippen molar-refractivity contribution in [1.29, 1.82) is 5.26 Å². The highest BCUT2D eigenvalue weighted by Gasteiger charge is 2.24. The maximum atomic E-state index is 12.3. The highest BCUT2D eigenvalue weighted by Crippen LogP contribution is 2.31. The van der Waals surface area contributed by atoms with Gasteiger partial charge < -0.3 is 14.4 Å². The molecule has 2 atom stereocenters. The van der Waals surface area contributed by atoms with Gasteiger partial charge in [-0.25, -0.2) is 9.78 Å². The number of nitriles is 1. The van der Waals surface area contributed by atoms with Crippen LogP contribution >= 0.6 is 33.9 Å². The van der Waals surface area contributed by atoms with Gasteiger partial charge in [0.25, 0.3) is 0 Å². The zero-order valence-electron chi connectivity index (χ0n) is 20.1. The van der Waals surface area contributed by atoms with E-state index in [1.165, 1.54) is 11.3 Å². The lowest BCUT2D eigenvalue weighted by Crippen LogP contribution is -2.34. The Balaban J connectivity index is 1.39. The number of aromatic nitrogens is 1. The summed E-state index contributed by atoms with van der Waals surface area (Å²) >= 11 is 3.52. The molecule has 36 heavy (non-hydrogen) atoms. The van der Waals surface area contributed by atoms with E-state index in [9.17, 15) is 4.79 Å². The van der Waals surface area contributed by atoms with Gasteiger partial charge in [-0.05, 0) is 85.1 Å². The summed E-state index contributed by atoms with van der Waals surface area (Å²) in [5, 5.41) is 12.1. The minimum atomic E-state index is -0.557. The molecule has 0 aliphatic carbocycles. The molecule has 1 N–H and O–H groups in total. The van der Waals surface area contributed by atoms with Crippen molar-refractivity contribution in [1.82, 2.24) is 9.88 Å². The largest absolute Gasteiger partial charge is 0.483 e. The van der Waals surface area contributed by atoms with Gasteiger partial charge in [-0.15, -0.1) is 11.3 Å². The van der Waals surface area contributed by atoms with Gasteiger partial charge in [-0.3, -0.25) is 5.32 Å². The average Bonchev–Trinajstić information content (AvgIpc) is 3.29. The topological polar surface area (TPSA) is 87.5 Å². The van der Waals surface area contributed by atoms with Crippen molar-refractivity contribution in [3.05, 3.63) is 86.4 Å². The molecule has 7 nitrogen and oxygen atoms in total. The molecule has 0 fully saturated rings. The third kappa shape index (κ3) is 6.32. The maximum absolute atomic E-state index is 12.3. The number of anilines is 1. The van der Waals surface area contributed by atoms with Crippen LogP contribution < -0.4 is 10.1 Å². The fourth-order valence-electron chi connectivity index (χ4n) is 3.58. The molecule has 1 aromatic heterocycles. The lowest BCUT2D eigenvalue weighted by atomic mass is 10.0. The second kappa shape index (κ2) is 11.7. The Morgan fingerprint density at radius 2 is 1.94 bits per heavy atom. The Morgan fingerprint density at radius 1 is 1.17 bits per heavy atom. The van der Waals surface area contributed by atoms with E-state index in [1.54, 1.807) is 18.2 Å². The lowest BCUT2D eigenvalue weighted by Gasteiger charge is -2.30. The van der Waals surface area contributed by atoms with Crippen LogP contribution in [0.1, 0.15) is 29.2 Å². The summed E-state index contributed by atoms with van der Waals surface area (Å²) < 4.78 is 13.6. The first-order chi connectivity index (χ1) is 17.3. The van der Waals surface area contributed by atoms with Gasteiger partial charge in [-0.2, -0.15) is 5.26 Å². The zero-order valence-corrected chi connectivity index (χ0v) is 23.0. The number of nitrogens with one attached hydrogen (secondary N) is 1. The number of likely N-dealkylation sites (N-methyl/N-ethyl adjacent to an activating group) is 1. The molecule has 1 heterocycles. The van der Waals surface area contributed by atoms with Crippen molar-refractivity contribution in [2.75, 3.05) is 19.4 Å². The zero-order chi connectivity index (χ0) is 25.7. The molecule has 9 heteroatoms. The second-order valence-electron chi connectivity index (χ2n) is 8.43. The summed E-state index contributed by atoms with van der Waals surface area (Å²) in [6, 6.07) is 23.4. The Kier molecular flexibility index (Phi) is 8.40. The first kappa shape index (κ1) is 25.9. The predicted molar refractivity (Wildman–Crippen MR) is 150 cm³/mol. The SMILES string of the molecule is CC(C(Oc1ccc(COC(=O)Nc2ccc3nc(C#N)sc3c2)cc1I)c1ccccc1)N(C)C. The quantitative estimate of drug-likeness (QED) is 0.226. The molecule has 0 radical (unpaired) electrons. The van der Waals surface area contributed by atoms with Crippen LogP contribution in [0, 0.1) is 14.9 Å². The van der Waals surface area contributed by atoms with Crippen LogP contribution in [0.25, 0.3) is 10.2 Å². The number of halogens is 1. The Morgan fingerprint density at radius 3 is 2.64 bits per heavy atom. The number of rotatable bonds is 8. The van der Waals surface area contributed by atoms with Crippen LogP contribution in [-0.4, -0.2) is 36.1 Å². The fourth-order valence-corrected chi connectivity index (χ4v) is 5.09. The van der Waals surface area contributed by atoms with E-state index in [4.69, 9.17) is 14.7 Å². The van der Waals surface area contributed by atoms with Crippen molar-refractivity contribution in [2.24, 2.45) is 0 Å². The average molecular weight is 612 g/mol. The number of hydrogen-bond donors (Lipinski definition) is 1. The monoisotopic (exact) mass is 612 g/mol. The molecule has 0 saturated carbocycles. The first-order valence-electron chi connectivity index (χ1n) is 11.2. The number of thiazole rings is 1. The summed E-state index contributed by atoms with van der Waals surface area (Å²) in [5.74, 6) is 0.779. The number of carbonyl (C=O) groups is 1. The summed E-state index contributed by atoms with van der Waals surface area (Å²) in [5.41, 5.74) is 3.28. The fraction of sp³-hybridized carbons (Fsp3) is 0.222. The van der Waals surface area contributed by atoms with E-state index in [2.05, 4.69) is 56.8 Å². The number of nitrogens with zero attached hydrogens (tertiary/aromatic N) is 3. The van der Waals surface area contributed by atoms with Gasteiger partial charge >= 0.3 is 6.09 Å². The molecule has 2 unspecified atom stereocenters. The number of hydrogen-bond acceptors (Lipinski definition) is 7. The summed E-state index contributed by atoms with van der Waals surface area (Å²) in [6.45, 7) is 2.26. The molecular weight excluding hydrogens is 587 g/mol. The van der Waals surface area contributed by atoms with Gasteiger partial charge in [0.2, 0.25) is 0 Å². The third-order valence-electron chi connectivity index (χ3n) is 5.73. The normalized spacial score (nSPS) is 12.7. The highest BCUT2D eigenvalue weighted by atomic mass is 127. The van der Waals surface area contributed by atoms with Crippen LogP contribution in [0.15, 0.2) is 66.7 Å². The smallest absolute Gasteiger partial charge is 0.411 e. The predicted octanol–water partition coefficient (Wildman–Crippen LogP) is 6.59. The van der Waals surface area contributed by atoms with Crippen molar-refractivity contribution in [2.45, 2.75) is 25.7 Å². The van der Waals surface area contributed by atoms with E-state index < -0.39 is 6.09 Å². The molecule has 184 valence electrons. The van der Waals surface area contributed by atoms with E-state index in [-0.39, 0.29) is 18.8 Å². The van der Waals surface area contributed by atoms with Crippen molar-refractivity contribution in [3.8, 4) is 11.8 Å². The summed E-state index contributed by atoms with van der Waals surface area (Å²) in [7, 11) is 4.08. The van der Waals surface area contributed by atoms with E-state index in [0.29, 0.717) is 10.7 Å². The summed E-state index contributed by atoms with van der Waals surface area (Å²) in [6.07, 6.45) is -0.693. The number of carbonyl (C=O) groups excluding carboxylic acids is 1. The molecule has 3 aromatic carbocycles. The molecule has 0 aliphatic heterocycles. The standard InChI is InChI=1S/C27H25IN4O3S/c1-17(32(2)3)26(19-7-5-4-6-8-19)35-23-12-9-18(13-21(23)28)16-34-27(33)30-20-10-11-22-24(14-20)36-25(15-29)31-22/h4-14,17,26H,16H2,1-3H3,(H,30,33). The number of fused-ring (bicyclic) bond motifs is 1. The molecule has 0 aliphatic rings. The second-order valence-corrected chi connectivity index (χ2v) is 10.6. The highest BCUT2D eigenvalue weighted by molar-refractivity contribution is 14.1. The van der Waals surface area contributed by atoms with Gasteiger partial charge in [0.05, 0.1) is 13.8 Å². The molecule has 0 spiro atoms. The van der Waals surface area contributed by atoms with Crippen LogP contribution in [0.3, 0.4) is 0 Å². The van der Waals surface area contributed by atoms with Gasteiger partial charge in [0.1, 0.15) is 24.5 Å². The van der Waals surface area contributed by atoms with Crippen LogP contribution in [0.5, 0.6) is 5.75 Å². The summed E-state index contributed by atoms with van der Waals surface area (Å²) in [4.78, 5) is 18.7. The number of amides is 1.